The number of urea groups is 1. The van der Waals surface area contributed by atoms with Gasteiger partial charge in [0.25, 0.3) is 0 Å². The van der Waals surface area contributed by atoms with E-state index in [9.17, 15) is 4.79 Å². The molecule has 23 heavy (non-hydrogen) atoms. The zero-order valence-corrected chi connectivity index (χ0v) is 15.9. The smallest absolute Gasteiger partial charge is 0.325 e. The Morgan fingerprint density at radius 3 is 2.09 bits per heavy atom. The Morgan fingerprint density at radius 1 is 1.04 bits per heavy atom. The lowest BCUT2D eigenvalue weighted by Crippen LogP contribution is -2.46. The number of hydrogen-bond acceptors (Lipinski definition) is 3. The van der Waals surface area contributed by atoms with Crippen molar-refractivity contribution in [3.8, 4) is 0 Å². The molecule has 1 aromatic rings. The van der Waals surface area contributed by atoms with Crippen molar-refractivity contribution >= 4 is 11.8 Å². The summed E-state index contributed by atoms with van der Waals surface area (Å²) in [5, 5.41) is 0. The minimum absolute atomic E-state index is 0.0324. The lowest BCUT2D eigenvalue weighted by Gasteiger charge is -2.33. The number of aromatic nitrogens is 1. The highest BCUT2D eigenvalue weighted by Crippen LogP contribution is 2.14. The largest absolute Gasteiger partial charge is 0.326 e. The number of carbonyl (C=O) groups is 1. The molecule has 0 fully saturated rings. The highest BCUT2D eigenvalue weighted by Gasteiger charge is 2.19. The van der Waals surface area contributed by atoms with Gasteiger partial charge in [-0.2, -0.15) is 0 Å². The predicted molar refractivity (Wildman–Crippen MR) is 97.1 cm³/mol. The van der Waals surface area contributed by atoms with Crippen LogP contribution in [0, 0.1) is 13.8 Å². The number of hydrogen-bond donors (Lipinski definition) is 0. The van der Waals surface area contributed by atoms with Crippen LogP contribution in [0.5, 0.6) is 0 Å². The number of rotatable bonds is 6. The van der Waals surface area contributed by atoms with Crippen LogP contribution < -0.4 is 4.90 Å². The SMILES string of the molecule is Cc1cc(C)nc(N(C)C(=O)N(C)CCN(C(C)C)C(C)C)c1. The average Bonchev–Trinajstić information content (AvgIpc) is 2.43. The monoisotopic (exact) mass is 320 g/mol. The van der Waals surface area contributed by atoms with E-state index in [1.165, 1.54) is 0 Å². The highest BCUT2D eigenvalue weighted by atomic mass is 16.2. The summed E-state index contributed by atoms with van der Waals surface area (Å²) >= 11 is 0. The second-order valence-corrected chi connectivity index (χ2v) is 6.83. The van der Waals surface area contributed by atoms with Crippen LogP contribution in [0.3, 0.4) is 0 Å². The summed E-state index contributed by atoms with van der Waals surface area (Å²) in [6, 6.07) is 4.85. The van der Waals surface area contributed by atoms with Crippen LogP contribution in [0.25, 0.3) is 0 Å². The Morgan fingerprint density at radius 2 is 1.61 bits per heavy atom. The Hall–Kier alpha value is -1.62. The van der Waals surface area contributed by atoms with Crippen molar-refractivity contribution in [1.29, 1.82) is 0 Å². The molecule has 0 aliphatic rings. The molecule has 0 radical (unpaired) electrons. The highest BCUT2D eigenvalue weighted by molar-refractivity contribution is 5.90. The summed E-state index contributed by atoms with van der Waals surface area (Å²) in [7, 11) is 3.63. The standard InChI is InChI=1S/C18H32N4O/c1-13(2)22(14(3)4)10-9-20(7)18(23)21(8)17-12-15(5)11-16(6)19-17/h11-14H,9-10H2,1-8H3. The van der Waals surface area contributed by atoms with Crippen LogP contribution in [0.15, 0.2) is 12.1 Å². The zero-order chi connectivity index (χ0) is 17.7. The predicted octanol–water partition coefficient (Wildman–Crippen LogP) is 3.31. The van der Waals surface area contributed by atoms with Crippen molar-refractivity contribution in [2.75, 3.05) is 32.1 Å². The summed E-state index contributed by atoms with van der Waals surface area (Å²) in [6.45, 7) is 14.3. The summed E-state index contributed by atoms with van der Waals surface area (Å²) in [5.41, 5.74) is 2.04. The van der Waals surface area contributed by atoms with Gasteiger partial charge in [0.1, 0.15) is 5.82 Å². The summed E-state index contributed by atoms with van der Waals surface area (Å²) < 4.78 is 0. The first kappa shape index (κ1) is 19.4. The van der Waals surface area contributed by atoms with E-state index in [1.54, 1.807) is 16.8 Å². The minimum Gasteiger partial charge on any atom is -0.326 e. The van der Waals surface area contributed by atoms with Gasteiger partial charge in [-0.3, -0.25) is 9.80 Å². The third kappa shape index (κ3) is 5.50. The zero-order valence-electron chi connectivity index (χ0n) is 15.9. The van der Waals surface area contributed by atoms with Crippen LogP contribution >= 0.6 is 0 Å². The molecule has 0 aliphatic carbocycles. The topological polar surface area (TPSA) is 39.7 Å². The maximum Gasteiger partial charge on any atom is 0.325 e. The molecule has 0 saturated heterocycles. The molecule has 0 aromatic carbocycles. The van der Waals surface area contributed by atoms with E-state index in [4.69, 9.17) is 0 Å². The van der Waals surface area contributed by atoms with Gasteiger partial charge in [0.05, 0.1) is 0 Å². The molecule has 0 saturated carbocycles. The van der Waals surface area contributed by atoms with E-state index < -0.39 is 0 Å². The summed E-state index contributed by atoms with van der Waals surface area (Å²) in [4.78, 5) is 22.8. The molecule has 1 rings (SSSR count). The van der Waals surface area contributed by atoms with Crippen molar-refractivity contribution < 1.29 is 4.79 Å². The van der Waals surface area contributed by atoms with E-state index in [0.29, 0.717) is 24.4 Å². The van der Waals surface area contributed by atoms with Gasteiger partial charge in [-0.05, 0) is 59.2 Å². The Balaban J connectivity index is 2.72. The summed E-state index contributed by atoms with van der Waals surface area (Å²) in [6.07, 6.45) is 0. The van der Waals surface area contributed by atoms with Crippen molar-refractivity contribution in [1.82, 2.24) is 14.8 Å². The number of likely N-dealkylation sites (N-methyl/N-ethyl adjacent to an activating group) is 1. The second kappa shape index (κ2) is 8.29. The van der Waals surface area contributed by atoms with Gasteiger partial charge in [-0.1, -0.05) is 0 Å². The molecule has 5 nitrogen and oxygen atoms in total. The molecule has 0 atom stereocenters. The molecule has 2 amide bonds. The van der Waals surface area contributed by atoms with Crippen molar-refractivity contribution in [3.63, 3.8) is 0 Å². The molecule has 5 heteroatoms. The van der Waals surface area contributed by atoms with Gasteiger partial charge in [-0.15, -0.1) is 0 Å². The quantitative estimate of drug-likeness (QED) is 0.807. The molecule has 0 unspecified atom stereocenters. The molecule has 1 aromatic heterocycles. The molecule has 0 aliphatic heterocycles. The van der Waals surface area contributed by atoms with E-state index in [2.05, 4.69) is 37.6 Å². The molecule has 130 valence electrons. The number of anilines is 1. The van der Waals surface area contributed by atoms with E-state index in [1.807, 2.05) is 33.0 Å². The van der Waals surface area contributed by atoms with Gasteiger partial charge in [0.2, 0.25) is 0 Å². The molecular formula is C18H32N4O. The maximum absolute atomic E-state index is 12.6. The lowest BCUT2D eigenvalue weighted by molar-refractivity contribution is 0.154. The van der Waals surface area contributed by atoms with Crippen molar-refractivity contribution in [2.24, 2.45) is 0 Å². The van der Waals surface area contributed by atoms with E-state index >= 15 is 0 Å². The second-order valence-electron chi connectivity index (χ2n) is 6.83. The van der Waals surface area contributed by atoms with Crippen LogP contribution in [0.1, 0.15) is 39.0 Å². The fraction of sp³-hybridized carbons (Fsp3) is 0.667. The van der Waals surface area contributed by atoms with Crippen molar-refractivity contribution in [2.45, 2.75) is 53.6 Å². The third-order valence-electron chi connectivity index (χ3n) is 4.06. The number of amides is 2. The van der Waals surface area contributed by atoms with Gasteiger partial charge in [-0.25, -0.2) is 9.78 Å². The number of nitrogens with zero attached hydrogens (tertiary/aromatic N) is 4. The molecule has 0 spiro atoms. The number of pyridine rings is 1. The first-order valence-electron chi connectivity index (χ1n) is 8.33. The van der Waals surface area contributed by atoms with Crippen LogP contribution in [-0.2, 0) is 0 Å². The van der Waals surface area contributed by atoms with Crippen LogP contribution in [0.2, 0.25) is 0 Å². The molecule has 0 N–H and O–H groups in total. The first-order chi connectivity index (χ1) is 10.6. The van der Waals surface area contributed by atoms with E-state index in [0.717, 1.165) is 17.8 Å². The molecular weight excluding hydrogens is 288 g/mol. The minimum atomic E-state index is -0.0324. The normalized spacial score (nSPS) is 11.4. The van der Waals surface area contributed by atoms with Gasteiger partial charge in [0, 0.05) is 45.0 Å². The van der Waals surface area contributed by atoms with Crippen LogP contribution in [-0.4, -0.2) is 60.1 Å². The molecule has 0 bridgehead atoms. The average molecular weight is 320 g/mol. The van der Waals surface area contributed by atoms with Crippen molar-refractivity contribution in [3.05, 3.63) is 23.4 Å². The fourth-order valence-electron chi connectivity index (χ4n) is 2.82. The van der Waals surface area contributed by atoms with E-state index in [-0.39, 0.29) is 6.03 Å². The summed E-state index contributed by atoms with van der Waals surface area (Å²) in [5.74, 6) is 0.698. The Bertz CT molecular complexity index is 500. The Kier molecular flexibility index (Phi) is 7.01. The number of carbonyl (C=O) groups excluding carboxylic acids is 1. The van der Waals surface area contributed by atoms with Gasteiger partial charge in [0.15, 0.2) is 0 Å². The van der Waals surface area contributed by atoms with Gasteiger partial charge >= 0.3 is 6.03 Å². The first-order valence-corrected chi connectivity index (χ1v) is 8.33. The Labute approximate surface area is 141 Å². The fourth-order valence-corrected chi connectivity index (χ4v) is 2.82. The molecule has 1 heterocycles. The number of aryl methyl sites for hydroxylation is 2. The third-order valence-corrected chi connectivity index (χ3v) is 4.06. The maximum atomic E-state index is 12.6. The lowest BCUT2D eigenvalue weighted by atomic mass is 10.2. The van der Waals surface area contributed by atoms with Crippen LogP contribution in [0.4, 0.5) is 10.6 Å². The van der Waals surface area contributed by atoms with Gasteiger partial charge < -0.3 is 4.90 Å².